The predicted molar refractivity (Wildman–Crippen MR) is 80.7 cm³/mol. The van der Waals surface area contributed by atoms with Crippen LogP contribution in [0.5, 0.6) is 11.5 Å². The van der Waals surface area contributed by atoms with Gasteiger partial charge >= 0.3 is 6.03 Å². The van der Waals surface area contributed by atoms with E-state index in [1.165, 1.54) is 0 Å². The van der Waals surface area contributed by atoms with E-state index in [0.717, 1.165) is 31.9 Å². The van der Waals surface area contributed by atoms with Crippen LogP contribution >= 0.6 is 0 Å². The lowest BCUT2D eigenvalue weighted by Crippen LogP contribution is -2.51. The van der Waals surface area contributed by atoms with Crippen molar-refractivity contribution in [3.05, 3.63) is 24.3 Å². The first-order valence-electron chi connectivity index (χ1n) is 7.26. The molecule has 0 atom stereocenters. The van der Waals surface area contributed by atoms with E-state index in [1.54, 1.807) is 0 Å². The maximum absolute atomic E-state index is 11.9. The number of nitrogens with zero attached hydrogens (tertiary/aromatic N) is 2. The van der Waals surface area contributed by atoms with Crippen molar-refractivity contribution in [1.29, 1.82) is 0 Å². The Balaban J connectivity index is 1.70. The van der Waals surface area contributed by atoms with Gasteiger partial charge in [0.25, 0.3) is 0 Å². The number of urea groups is 1. The summed E-state index contributed by atoms with van der Waals surface area (Å²) in [4.78, 5) is 15.9. The second-order valence-electron chi connectivity index (χ2n) is 4.97. The molecule has 0 radical (unpaired) electrons. The van der Waals surface area contributed by atoms with E-state index in [2.05, 4.69) is 17.3 Å². The Morgan fingerprint density at radius 3 is 2.24 bits per heavy atom. The third-order valence-electron chi connectivity index (χ3n) is 3.39. The summed E-state index contributed by atoms with van der Waals surface area (Å²) in [5.41, 5.74) is 0. The first kappa shape index (κ1) is 15.4. The highest BCUT2D eigenvalue weighted by Crippen LogP contribution is 2.17. The van der Waals surface area contributed by atoms with Crippen LogP contribution in [0.4, 0.5) is 4.79 Å². The standard InChI is InChI=1S/C15H23N3O3/c1-3-20-13-4-6-14(7-5-13)21-12-16-15(19)18-10-8-17(2)9-11-18/h4-7H,3,8-12H2,1-2H3,(H,16,19). The molecule has 1 saturated heterocycles. The van der Waals surface area contributed by atoms with Crippen molar-refractivity contribution in [3.63, 3.8) is 0 Å². The van der Waals surface area contributed by atoms with E-state index in [0.29, 0.717) is 12.4 Å². The summed E-state index contributed by atoms with van der Waals surface area (Å²) in [5.74, 6) is 1.52. The summed E-state index contributed by atoms with van der Waals surface area (Å²) >= 11 is 0. The van der Waals surface area contributed by atoms with Gasteiger partial charge in [-0.05, 0) is 38.2 Å². The molecule has 0 saturated carbocycles. The van der Waals surface area contributed by atoms with E-state index < -0.39 is 0 Å². The molecule has 2 rings (SSSR count). The molecule has 1 aromatic carbocycles. The Hall–Kier alpha value is -1.95. The minimum Gasteiger partial charge on any atom is -0.494 e. The molecule has 1 heterocycles. The average Bonchev–Trinajstić information content (AvgIpc) is 2.50. The number of nitrogens with one attached hydrogen (secondary N) is 1. The summed E-state index contributed by atoms with van der Waals surface area (Å²) in [6.07, 6.45) is 0. The summed E-state index contributed by atoms with van der Waals surface area (Å²) in [6.45, 7) is 6.08. The Labute approximate surface area is 125 Å². The summed E-state index contributed by atoms with van der Waals surface area (Å²) < 4.78 is 10.9. The lowest BCUT2D eigenvalue weighted by atomic mass is 10.3. The monoisotopic (exact) mass is 293 g/mol. The molecule has 116 valence electrons. The van der Waals surface area contributed by atoms with Gasteiger partial charge in [-0.25, -0.2) is 4.79 Å². The lowest BCUT2D eigenvalue weighted by Gasteiger charge is -2.32. The fraction of sp³-hybridized carbons (Fsp3) is 0.533. The number of benzene rings is 1. The summed E-state index contributed by atoms with van der Waals surface area (Å²) in [7, 11) is 2.06. The van der Waals surface area contributed by atoms with Crippen LogP contribution in [0, 0.1) is 0 Å². The van der Waals surface area contributed by atoms with Crippen molar-refractivity contribution in [3.8, 4) is 11.5 Å². The number of hydrogen-bond donors (Lipinski definition) is 1. The number of likely N-dealkylation sites (N-methyl/N-ethyl adjacent to an activating group) is 1. The minimum absolute atomic E-state index is 0.0750. The van der Waals surface area contributed by atoms with Gasteiger partial charge in [-0.1, -0.05) is 0 Å². The Kier molecular flexibility index (Phi) is 5.68. The van der Waals surface area contributed by atoms with Gasteiger partial charge in [-0.15, -0.1) is 0 Å². The van der Waals surface area contributed by atoms with E-state index in [1.807, 2.05) is 36.1 Å². The van der Waals surface area contributed by atoms with Gasteiger partial charge < -0.3 is 24.6 Å². The average molecular weight is 293 g/mol. The number of hydrogen-bond acceptors (Lipinski definition) is 4. The maximum atomic E-state index is 11.9. The zero-order valence-electron chi connectivity index (χ0n) is 12.7. The van der Waals surface area contributed by atoms with Crippen LogP contribution < -0.4 is 14.8 Å². The number of carbonyl (C=O) groups is 1. The van der Waals surface area contributed by atoms with Gasteiger partial charge in [0.15, 0.2) is 6.73 Å². The van der Waals surface area contributed by atoms with E-state index in [-0.39, 0.29) is 12.8 Å². The highest BCUT2D eigenvalue weighted by atomic mass is 16.5. The van der Waals surface area contributed by atoms with Crippen LogP contribution in [0.1, 0.15) is 6.92 Å². The van der Waals surface area contributed by atoms with Gasteiger partial charge in [0, 0.05) is 26.2 Å². The molecule has 0 aliphatic carbocycles. The molecule has 1 aliphatic rings. The van der Waals surface area contributed by atoms with E-state index in [9.17, 15) is 4.79 Å². The molecule has 0 spiro atoms. The SMILES string of the molecule is CCOc1ccc(OCNC(=O)N2CCN(C)CC2)cc1. The van der Waals surface area contributed by atoms with E-state index in [4.69, 9.17) is 9.47 Å². The number of piperazine rings is 1. The molecular formula is C15H23N3O3. The predicted octanol–water partition coefficient (Wildman–Crippen LogP) is 1.38. The number of ether oxygens (including phenoxy) is 2. The molecule has 1 fully saturated rings. The van der Waals surface area contributed by atoms with Crippen molar-refractivity contribution in [2.45, 2.75) is 6.92 Å². The Bertz CT molecular complexity index is 442. The van der Waals surface area contributed by atoms with Crippen molar-refractivity contribution in [1.82, 2.24) is 15.1 Å². The van der Waals surface area contributed by atoms with Crippen molar-refractivity contribution in [2.75, 3.05) is 46.6 Å². The first-order chi connectivity index (χ1) is 10.2. The molecular weight excluding hydrogens is 270 g/mol. The zero-order valence-corrected chi connectivity index (χ0v) is 12.7. The van der Waals surface area contributed by atoms with Gasteiger partial charge in [-0.3, -0.25) is 0 Å². The largest absolute Gasteiger partial charge is 0.494 e. The van der Waals surface area contributed by atoms with Crippen LogP contribution in [-0.4, -0.2) is 62.4 Å². The Morgan fingerprint density at radius 1 is 1.10 bits per heavy atom. The molecule has 2 amide bonds. The molecule has 6 heteroatoms. The van der Waals surface area contributed by atoms with Crippen LogP contribution in [0.15, 0.2) is 24.3 Å². The van der Waals surface area contributed by atoms with Gasteiger partial charge in [-0.2, -0.15) is 0 Å². The molecule has 0 unspecified atom stereocenters. The van der Waals surface area contributed by atoms with Crippen molar-refractivity contribution >= 4 is 6.03 Å². The van der Waals surface area contributed by atoms with Crippen LogP contribution in [0.25, 0.3) is 0 Å². The summed E-state index contributed by atoms with van der Waals surface area (Å²) in [6, 6.07) is 7.27. The topological polar surface area (TPSA) is 54.0 Å². The normalized spacial score (nSPS) is 15.6. The number of amides is 2. The summed E-state index contributed by atoms with van der Waals surface area (Å²) in [5, 5.41) is 2.77. The molecule has 1 aliphatic heterocycles. The molecule has 1 aromatic rings. The van der Waals surface area contributed by atoms with Crippen molar-refractivity contribution < 1.29 is 14.3 Å². The highest BCUT2D eigenvalue weighted by molar-refractivity contribution is 5.74. The molecule has 21 heavy (non-hydrogen) atoms. The number of carbonyl (C=O) groups excluding carboxylic acids is 1. The quantitative estimate of drug-likeness (QED) is 0.833. The molecule has 1 N–H and O–H groups in total. The van der Waals surface area contributed by atoms with Crippen LogP contribution in [0.2, 0.25) is 0 Å². The van der Waals surface area contributed by atoms with Gasteiger partial charge in [0.05, 0.1) is 6.61 Å². The highest BCUT2D eigenvalue weighted by Gasteiger charge is 2.18. The molecule has 0 aromatic heterocycles. The van der Waals surface area contributed by atoms with Crippen LogP contribution in [0.3, 0.4) is 0 Å². The minimum atomic E-state index is -0.0750. The third-order valence-corrected chi connectivity index (χ3v) is 3.39. The Morgan fingerprint density at radius 2 is 1.67 bits per heavy atom. The third kappa shape index (κ3) is 4.82. The van der Waals surface area contributed by atoms with Gasteiger partial charge in [0.2, 0.25) is 0 Å². The number of rotatable bonds is 5. The van der Waals surface area contributed by atoms with E-state index >= 15 is 0 Å². The van der Waals surface area contributed by atoms with Crippen LogP contribution in [-0.2, 0) is 0 Å². The smallest absolute Gasteiger partial charge is 0.320 e. The maximum Gasteiger partial charge on any atom is 0.320 e. The van der Waals surface area contributed by atoms with Crippen molar-refractivity contribution in [2.24, 2.45) is 0 Å². The first-order valence-corrected chi connectivity index (χ1v) is 7.26. The zero-order chi connectivity index (χ0) is 15.1. The fourth-order valence-corrected chi connectivity index (χ4v) is 2.10. The molecule has 0 bridgehead atoms. The lowest BCUT2D eigenvalue weighted by molar-refractivity contribution is 0.147. The molecule has 6 nitrogen and oxygen atoms in total. The second-order valence-corrected chi connectivity index (χ2v) is 4.97. The van der Waals surface area contributed by atoms with Gasteiger partial charge in [0.1, 0.15) is 11.5 Å². The fourth-order valence-electron chi connectivity index (χ4n) is 2.10. The second kappa shape index (κ2) is 7.73.